The van der Waals surface area contributed by atoms with Crippen molar-refractivity contribution in [2.75, 3.05) is 32.8 Å². The summed E-state index contributed by atoms with van der Waals surface area (Å²) in [5, 5.41) is 4.20. The molecule has 0 aromatic carbocycles. The van der Waals surface area contributed by atoms with Gasteiger partial charge in [0.1, 0.15) is 0 Å². The molecular weight excluding hydrogens is 230 g/mol. The molecule has 3 rings (SSSR count). The lowest BCUT2D eigenvalue weighted by Crippen LogP contribution is -2.49. The zero-order chi connectivity index (χ0) is 12.4. The molecule has 2 aliphatic rings. The molecule has 3 heterocycles. The fraction of sp³-hybridized carbons (Fsp3) is 0.769. The van der Waals surface area contributed by atoms with Crippen LogP contribution < -0.4 is 0 Å². The SMILES string of the molecule is Cn1cc(CCN2CCCC3(C2)OCCO3)cn1. The van der Waals surface area contributed by atoms with Gasteiger partial charge in [-0.3, -0.25) is 9.58 Å². The van der Waals surface area contributed by atoms with Crippen molar-refractivity contribution in [1.82, 2.24) is 14.7 Å². The second kappa shape index (κ2) is 4.99. The minimum atomic E-state index is -0.298. The lowest BCUT2D eigenvalue weighted by molar-refractivity contribution is -0.189. The van der Waals surface area contributed by atoms with Crippen molar-refractivity contribution >= 4 is 0 Å². The number of hydrogen-bond acceptors (Lipinski definition) is 4. The number of nitrogens with zero attached hydrogens (tertiary/aromatic N) is 3. The van der Waals surface area contributed by atoms with E-state index in [2.05, 4.69) is 16.2 Å². The number of rotatable bonds is 3. The van der Waals surface area contributed by atoms with E-state index in [9.17, 15) is 0 Å². The summed E-state index contributed by atoms with van der Waals surface area (Å²) in [5.41, 5.74) is 1.30. The van der Waals surface area contributed by atoms with Gasteiger partial charge < -0.3 is 9.47 Å². The van der Waals surface area contributed by atoms with Gasteiger partial charge in [-0.05, 0) is 24.9 Å². The maximum atomic E-state index is 5.79. The Balaban J connectivity index is 1.53. The Morgan fingerprint density at radius 1 is 1.39 bits per heavy atom. The van der Waals surface area contributed by atoms with E-state index >= 15 is 0 Å². The third kappa shape index (κ3) is 2.58. The van der Waals surface area contributed by atoms with Crippen molar-refractivity contribution in [3.63, 3.8) is 0 Å². The molecule has 2 saturated heterocycles. The third-order valence-corrected chi connectivity index (χ3v) is 3.79. The van der Waals surface area contributed by atoms with Gasteiger partial charge in [0.25, 0.3) is 0 Å². The molecular formula is C13H21N3O2. The monoisotopic (exact) mass is 251 g/mol. The van der Waals surface area contributed by atoms with Crippen LogP contribution in [0.1, 0.15) is 18.4 Å². The molecule has 5 heteroatoms. The molecule has 0 unspecified atom stereocenters. The topological polar surface area (TPSA) is 39.5 Å². The molecule has 0 bridgehead atoms. The van der Waals surface area contributed by atoms with Crippen LogP contribution in [-0.2, 0) is 22.9 Å². The highest BCUT2D eigenvalue weighted by Crippen LogP contribution is 2.29. The average Bonchev–Trinajstić information content (AvgIpc) is 2.97. The summed E-state index contributed by atoms with van der Waals surface area (Å²) in [4.78, 5) is 2.45. The molecule has 2 aliphatic heterocycles. The summed E-state index contributed by atoms with van der Waals surface area (Å²) in [6.07, 6.45) is 7.28. The van der Waals surface area contributed by atoms with Crippen molar-refractivity contribution in [2.24, 2.45) is 7.05 Å². The molecule has 1 aromatic heterocycles. The summed E-state index contributed by atoms with van der Waals surface area (Å²) in [6, 6.07) is 0. The van der Waals surface area contributed by atoms with Crippen LogP contribution in [0.15, 0.2) is 12.4 Å². The van der Waals surface area contributed by atoms with Crippen LogP contribution in [-0.4, -0.2) is 53.3 Å². The molecule has 1 spiro atoms. The third-order valence-electron chi connectivity index (χ3n) is 3.79. The van der Waals surface area contributed by atoms with Gasteiger partial charge in [-0.2, -0.15) is 5.10 Å². The molecule has 0 saturated carbocycles. The molecule has 0 radical (unpaired) electrons. The van der Waals surface area contributed by atoms with E-state index in [-0.39, 0.29) is 5.79 Å². The molecule has 0 atom stereocenters. The molecule has 0 N–H and O–H groups in total. The summed E-state index contributed by atoms with van der Waals surface area (Å²) in [6.45, 7) is 4.61. The summed E-state index contributed by atoms with van der Waals surface area (Å²) >= 11 is 0. The molecule has 0 amide bonds. The molecule has 1 aromatic rings. The lowest BCUT2D eigenvalue weighted by atomic mass is 10.0. The fourth-order valence-corrected chi connectivity index (χ4v) is 2.88. The zero-order valence-corrected chi connectivity index (χ0v) is 11.0. The van der Waals surface area contributed by atoms with E-state index in [1.807, 2.05) is 17.9 Å². The lowest BCUT2D eigenvalue weighted by Gasteiger charge is -2.38. The van der Waals surface area contributed by atoms with Gasteiger partial charge in [0, 0.05) is 26.2 Å². The van der Waals surface area contributed by atoms with Crippen LogP contribution in [0.25, 0.3) is 0 Å². The first-order chi connectivity index (χ1) is 8.76. The molecule has 18 heavy (non-hydrogen) atoms. The first-order valence-electron chi connectivity index (χ1n) is 6.74. The van der Waals surface area contributed by atoms with Crippen molar-refractivity contribution in [2.45, 2.75) is 25.0 Å². The average molecular weight is 251 g/mol. The van der Waals surface area contributed by atoms with Crippen molar-refractivity contribution in [3.8, 4) is 0 Å². The summed E-state index contributed by atoms with van der Waals surface area (Å²) < 4.78 is 13.4. The van der Waals surface area contributed by atoms with E-state index in [1.165, 1.54) is 5.56 Å². The van der Waals surface area contributed by atoms with E-state index in [4.69, 9.17) is 9.47 Å². The standard InChI is InChI=1S/C13H21N3O2/c1-15-10-12(9-14-15)3-6-16-5-2-4-13(11-16)17-7-8-18-13/h9-10H,2-8,11H2,1H3. The highest BCUT2D eigenvalue weighted by Gasteiger charge is 2.40. The van der Waals surface area contributed by atoms with Crippen LogP contribution in [0.3, 0.4) is 0 Å². The van der Waals surface area contributed by atoms with Gasteiger partial charge in [0.15, 0.2) is 5.79 Å². The maximum Gasteiger partial charge on any atom is 0.181 e. The number of piperidine rings is 1. The van der Waals surface area contributed by atoms with Gasteiger partial charge in [-0.15, -0.1) is 0 Å². The predicted octanol–water partition coefficient (Wildman–Crippen LogP) is 0.801. The predicted molar refractivity (Wildman–Crippen MR) is 67.2 cm³/mol. The summed E-state index contributed by atoms with van der Waals surface area (Å²) in [7, 11) is 1.96. The number of likely N-dealkylation sites (tertiary alicyclic amines) is 1. The van der Waals surface area contributed by atoms with Gasteiger partial charge in [-0.1, -0.05) is 0 Å². The van der Waals surface area contributed by atoms with Crippen LogP contribution in [0, 0.1) is 0 Å². The Labute approximate surface area is 108 Å². The Morgan fingerprint density at radius 3 is 2.94 bits per heavy atom. The van der Waals surface area contributed by atoms with Crippen LogP contribution in [0.5, 0.6) is 0 Å². The molecule has 0 aliphatic carbocycles. The fourth-order valence-electron chi connectivity index (χ4n) is 2.88. The van der Waals surface area contributed by atoms with E-state index in [0.29, 0.717) is 0 Å². The van der Waals surface area contributed by atoms with E-state index < -0.39 is 0 Å². The van der Waals surface area contributed by atoms with Gasteiger partial charge in [-0.25, -0.2) is 0 Å². The summed E-state index contributed by atoms with van der Waals surface area (Å²) in [5.74, 6) is -0.298. The second-order valence-corrected chi connectivity index (χ2v) is 5.26. The van der Waals surface area contributed by atoms with Gasteiger partial charge in [0.2, 0.25) is 0 Å². The number of aryl methyl sites for hydroxylation is 1. The highest BCUT2D eigenvalue weighted by atomic mass is 16.7. The van der Waals surface area contributed by atoms with Crippen LogP contribution in [0.4, 0.5) is 0 Å². The Kier molecular flexibility index (Phi) is 3.37. The Hall–Kier alpha value is -0.910. The zero-order valence-electron chi connectivity index (χ0n) is 11.0. The van der Waals surface area contributed by atoms with Crippen molar-refractivity contribution in [3.05, 3.63) is 18.0 Å². The van der Waals surface area contributed by atoms with Crippen molar-refractivity contribution in [1.29, 1.82) is 0 Å². The number of aromatic nitrogens is 2. The van der Waals surface area contributed by atoms with Gasteiger partial charge in [0.05, 0.1) is 26.0 Å². The molecule has 100 valence electrons. The first-order valence-corrected chi connectivity index (χ1v) is 6.74. The largest absolute Gasteiger partial charge is 0.346 e. The Morgan fingerprint density at radius 2 is 2.22 bits per heavy atom. The second-order valence-electron chi connectivity index (χ2n) is 5.26. The maximum absolute atomic E-state index is 5.79. The Bertz CT molecular complexity index is 399. The molecule has 2 fully saturated rings. The quantitative estimate of drug-likeness (QED) is 0.796. The van der Waals surface area contributed by atoms with E-state index in [0.717, 1.165) is 52.1 Å². The van der Waals surface area contributed by atoms with Crippen molar-refractivity contribution < 1.29 is 9.47 Å². The number of hydrogen-bond donors (Lipinski definition) is 0. The smallest absolute Gasteiger partial charge is 0.181 e. The van der Waals surface area contributed by atoms with Gasteiger partial charge >= 0.3 is 0 Å². The molecule has 5 nitrogen and oxygen atoms in total. The minimum Gasteiger partial charge on any atom is -0.346 e. The van der Waals surface area contributed by atoms with E-state index in [1.54, 1.807) is 0 Å². The number of ether oxygens (including phenoxy) is 2. The van der Waals surface area contributed by atoms with Crippen LogP contribution >= 0.6 is 0 Å². The highest BCUT2D eigenvalue weighted by molar-refractivity contribution is 5.04. The normalized spacial score (nSPS) is 23.8. The van der Waals surface area contributed by atoms with Crippen LogP contribution in [0.2, 0.25) is 0 Å². The minimum absolute atomic E-state index is 0.298. The first kappa shape index (κ1) is 12.1.